The number of imide groups is 2. The first-order valence-electron chi connectivity index (χ1n) is 21.3. The Morgan fingerprint density at radius 2 is 1.61 bits per heavy atom. The molecule has 1 aliphatic carbocycles. The van der Waals surface area contributed by atoms with Gasteiger partial charge in [-0.1, -0.05) is 39.3 Å². The highest BCUT2D eigenvalue weighted by Crippen LogP contribution is 2.55. The Hall–Kier alpha value is -5.59. The molecule has 0 spiro atoms. The summed E-state index contributed by atoms with van der Waals surface area (Å²) in [6.07, 6.45) is 3.39. The lowest BCUT2D eigenvalue weighted by Crippen LogP contribution is -2.74. The summed E-state index contributed by atoms with van der Waals surface area (Å²) >= 11 is 6.25. The van der Waals surface area contributed by atoms with Gasteiger partial charge in [0.2, 0.25) is 11.8 Å². The molecule has 14 nitrogen and oxygen atoms in total. The van der Waals surface area contributed by atoms with E-state index < -0.39 is 46.3 Å². The molecular weight excluding hydrogens is 815 g/mol. The van der Waals surface area contributed by atoms with Gasteiger partial charge < -0.3 is 19.9 Å². The second-order valence-corrected chi connectivity index (χ2v) is 19.1. The Morgan fingerprint density at radius 3 is 2.21 bits per heavy atom. The van der Waals surface area contributed by atoms with Gasteiger partial charge in [0.25, 0.3) is 17.7 Å². The number of carbonyl (C=O) groups excluding carboxylic acids is 5. The van der Waals surface area contributed by atoms with Gasteiger partial charge in [-0.05, 0) is 75.4 Å². The van der Waals surface area contributed by atoms with Crippen molar-refractivity contribution in [3.05, 3.63) is 81.8 Å². The van der Waals surface area contributed by atoms with Crippen molar-refractivity contribution in [3.8, 4) is 11.8 Å². The Kier molecular flexibility index (Phi) is 11.3. The molecular formula is C46H52ClFN8O6. The number of aromatic nitrogens is 1. The van der Waals surface area contributed by atoms with Crippen LogP contribution in [-0.4, -0.2) is 107 Å². The van der Waals surface area contributed by atoms with E-state index >= 15 is 4.39 Å². The molecule has 3 unspecified atom stereocenters. The Morgan fingerprint density at radius 1 is 0.952 bits per heavy atom. The third-order valence-corrected chi connectivity index (χ3v) is 14.1. The number of anilines is 2. The van der Waals surface area contributed by atoms with Gasteiger partial charge in [0.1, 0.15) is 35.6 Å². The van der Waals surface area contributed by atoms with E-state index in [0.717, 1.165) is 49.3 Å². The molecule has 0 radical (unpaired) electrons. The number of carbonyl (C=O) groups is 5. The van der Waals surface area contributed by atoms with E-state index in [1.54, 1.807) is 24.4 Å². The van der Waals surface area contributed by atoms with Crippen LogP contribution in [0.4, 0.5) is 15.9 Å². The lowest BCUT2D eigenvalue weighted by Gasteiger charge is -2.63. The monoisotopic (exact) mass is 866 g/mol. The summed E-state index contributed by atoms with van der Waals surface area (Å²) in [5, 5.41) is 15.0. The first-order valence-corrected chi connectivity index (χ1v) is 21.7. The number of piperazine rings is 1. The van der Waals surface area contributed by atoms with Crippen LogP contribution in [0, 0.1) is 33.9 Å². The number of ether oxygens (including phenoxy) is 1. The van der Waals surface area contributed by atoms with Crippen LogP contribution in [0.5, 0.6) is 5.75 Å². The number of nitrogens with one attached hydrogen (secondary N) is 2. The summed E-state index contributed by atoms with van der Waals surface area (Å²) < 4.78 is 22.1. The van der Waals surface area contributed by atoms with E-state index in [-0.39, 0.29) is 59.8 Å². The zero-order valence-corrected chi connectivity index (χ0v) is 36.6. The molecule has 2 N–H and O–H groups in total. The highest BCUT2D eigenvalue weighted by Gasteiger charge is 2.64. The second-order valence-electron chi connectivity index (χ2n) is 18.7. The molecule has 8 rings (SSSR count). The Labute approximate surface area is 365 Å². The Bertz CT molecular complexity index is 2350. The minimum Gasteiger partial charge on any atom is -0.489 e. The lowest BCUT2D eigenvalue weighted by molar-refractivity contribution is -0.164. The van der Waals surface area contributed by atoms with E-state index in [1.165, 1.54) is 6.07 Å². The predicted molar refractivity (Wildman–Crippen MR) is 229 cm³/mol. The number of fused-ring (bicyclic) bond motifs is 1. The van der Waals surface area contributed by atoms with Crippen molar-refractivity contribution in [2.45, 2.75) is 97.5 Å². The maximum atomic E-state index is 15.7. The van der Waals surface area contributed by atoms with E-state index in [2.05, 4.69) is 68.0 Å². The zero-order chi connectivity index (χ0) is 44.4. The van der Waals surface area contributed by atoms with Crippen LogP contribution in [-0.2, 0) is 9.59 Å². The molecule has 326 valence electrons. The van der Waals surface area contributed by atoms with Gasteiger partial charge >= 0.3 is 0 Å². The highest BCUT2D eigenvalue weighted by atomic mass is 35.5. The van der Waals surface area contributed by atoms with Gasteiger partial charge in [-0.2, -0.15) is 5.26 Å². The lowest BCUT2D eigenvalue weighted by atomic mass is 9.49. The average molecular weight is 867 g/mol. The number of halogens is 2. The molecule has 3 saturated heterocycles. The van der Waals surface area contributed by atoms with Crippen LogP contribution in [0.1, 0.15) is 104 Å². The molecule has 5 aliphatic rings. The maximum absolute atomic E-state index is 15.7. The van der Waals surface area contributed by atoms with Crippen molar-refractivity contribution in [1.29, 1.82) is 5.26 Å². The largest absolute Gasteiger partial charge is 0.489 e. The average Bonchev–Trinajstić information content (AvgIpc) is 3.47. The molecule has 1 aromatic heterocycles. The molecule has 0 bridgehead atoms. The second kappa shape index (κ2) is 16.3. The van der Waals surface area contributed by atoms with Crippen LogP contribution >= 0.6 is 11.6 Å². The summed E-state index contributed by atoms with van der Waals surface area (Å²) in [7, 11) is 0. The first kappa shape index (κ1) is 43.1. The summed E-state index contributed by atoms with van der Waals surface area (Å²) in [6, 6.07) is 12.2. The van der Waals surface area contributed by atoms with Crippen LogP contribution in [0.25, 0.3) is 0 Å². The Balaban J connectivity index is 0.828. The first-order chi connectivity index (χ1) is 29.4. The topological polar surface area (TPSA) is 168 Å². The van der Waals surface area contributed by atoms with Crippen LogP contribution in [0.2, 0.25) is 5.02 Å². The number of benzene rings is 2. The molecule has 1 saturated carbocycles. The molecule has 3 aromatic rings. The third-order valence-electron chi connectivity index (χ3n) is 13.8. The quantitative estimate of drug-likeness (QED) is 0.258. The van der Waals surface area contributed by atoms with Crippen molar-refractivity contribution in [3.63, 3.8) is 0 Å². The number of rotatable bonds is 9. The third kappa shape index (κ3) is 7.65. The van der Waals surface area contributed by atoms with E-state index in [0.29, 0.717) is 40.9 Å². The summed E-state index contributed by atoms with van der Waals surface area (Å²) in [5.41, 5.74) is 0.317. The van der Waals surface area contributed by atoms with Gasteiger partial charge in [-0.15, -0.1) is 0 Å². The van der Waals surface area contributed by atoms with Gasteiger partial charge in [-0.3, -0.25) is 39.1 Å². The number of amides is 5. The molecule has 62 heavy (non-hydrogen) atoms. The number of nitriles is 1. The number of pyridine rings is 1. The number of hydrogen-bond donors (Lipinski definition) is 2. The standard InChI is InChI=1S/C46H52ClFN8O6/c1-25-22-54(36-19-32-31(18-34(36)48)41(60)56(42(32)61)35-10-12-38(57)51-40(35)59)23-26(2)55(25)24-27-13-15-53(16-14-27)37-11-8-29(21-50-37)39(58)52-43-45(3,4)44(46(43,5)6)62-30-9-7-28(20-49)33(47)17-30/h7-9,11,17-19,21,25-27,35,43-44H,10,12-16,22-24H2,1-6H3,(H,52,58)(H,51,57,59)/t25?,26?,35?,43-,44-. The van der Waals surface area contributed by atoms with Gasteiger partial charge in [0, 0.05) is 80.4 Å². The number of nitrogens with zero attached hydrogens (tertiary/aromatic N) is 6. The van der Waals surface area contributed by atoms with Crippen LogP contribution in [0.15, 0.2) is 48.7 Å². The molecule has 2 aromatic carbocycles. The SMILES string of the molecule is CC1CN(c2cc3c(cc2F)C(=O)N(C2CCC(=O)NC2=O)C3=O)CC(C)N1CC1CCN(c2ccc(C(=O)N[C@H]3C(C)(C)[C@H](Oc4ccc(C#N)c(Cl)c4)C3(C)C)cn2)CC1. The van der Waals surface area contributed by atoms with Crippen molar-refractivity contribution >= 4 is 52.6 Å². The molecule has 5 heterocycles. The fourth-order valence-corrected chi connectivity index (χ4v) is 11.0. The predicted octanol–water partition coefficient (Wildman–Crippen LogP) is 5.57. The smallest absolute Gasteiger partial charge is 0.262 e. The minimum absolute atomic E-state index is 0.00816. The number of piperidine rings is 2. The fraction of sp³-hybridized carbons (Fsp3) is 0.500. The van der Waals surface area contributed by atoms with Crippen molar-refractivity contribution in [1.82, 2.24) is 25.4 Å². The van der Waals surface area contributed by atoms with Gasteiger partial charge in [-0.25, -0.2) is 9.37 Å². The minimum atomic E-state index is -1.11. The molecule has 4 fully saturated rings. The molecule has 3 atom stereocenters. The molecule has 5 amide bonds. The van der Waals surface area contributed by atoms with Gasteiger partial charge in [0.15, 0.2) is 0 Å². The van der Waals surface area contributed by atoms with Crippen molar-refractivity contribution in [2.75, 3.05) is 42.5 Å². The van der Waals surface area contributed by atoms with Crippen molar-refractivity contribution in [2.24, 2.45) is 16.7 Å². The van der Waals surface area contributed by atoms with E-state index in [1.807, 2.05) is 17.0 Å². The summed E-state index contributed by atoms with van der Waals surface area (Å²) in [5.74, 6) is -1.50. The zero-order valence-electron chi connectivity index (χ0n) is 35.8. The molecule has 4 aliphatic heterocycles. The van der Waals surface area contributed by atoms with E-state index in [9.17, 15) is 29.2 Å². The highest BCUT2D eigenvalue weighted by molar-refractivity contribution is 6.31. The molecule has 16 heteroatoms. The summed E-state index contributed by atoms with van der Waals surface area (Å²) in [6.45, 7) is 16.1. The van der Waals surface area contributed by atoms with Crippen LogP contribution < -0.4 is 25.2 Å². The van der Waals surface area contributed by atoms with Crippen LogP contribution in [0.3, 0.4) is 0 Å². The summed E-state index contributed by atoms with van der Waals surface area (Å²) in [4.78, 5) is 76.6. The number of hydrogen-bond acceptors (Lipinski definition) is 11. The van der Waals surface area contributed by atoms with Crippen molar-refractivity contribution < 1.29 is 33.1 Å². The maximum Gasteiger partial charge on any atom is 0.262 e. The van der Waals surface area contributed by atoms with E-state index in [4.69, 9.17) is 21.3 Å². The normalized spacial score (nSPS) is 26.1. The fourth-order valence-electron chi connectivity index (χ4n) is 10.8. The van der Waals surface area contributed by atoms with Gasteiger partial charge in [0.05, 0.1) is 33.0 Å².